The molecule has 1 atom stereocenters. The summed E-state index contributed by atoms with van der Waals surface area (Å²) < 4.78 is 12.8. The number of carbonyl (C=O) groups is 1. The lowest BCUT2D eigenvalue weighted by Crippen LogP contribution is -2.47. The number of anilines is 2. The Hall–Kier alpha value is -1.96. The summed E-state index contributed by atoms with van der Waals surface area (Å²) in [7, 11) is 1.63. The number of methoxy groups -OCH3 is 1. The predicted molar refractivity (Wildman–Crippen MR) is 118 cm³/mol. The van der Waals surface area contributed by atoms with Crippen LogP contribution in [0.25, 0.3) is 0 Å². The van der Waals surface area contributed by atoms with E-state index in [0.29, 0.717) is 17.9 Å². The van der Waals surface area contributed by atoms with Gasteiger partial charge in [0.25, 0.3) is 5.91 Å². The van der Waals surface area contributed by atoms with Crippen molar-refractivity contribution >= 4 is 39.9 Å². The fourth-order valence-electron chi connectivity index (χ4n) is 4.55. The number of carbonyl (C=O) groups excluding carboxylic acids is 1. The zero-order valence-electron chi connectivity index (χ0n) is 15.9. The van der Waals surface area contributed by atoms with Gasteiger partial charge in [0.2, 0.25) is 0 Å². The lowest BCUT2D eigenvalue weighted by Gasteiger charge is -2.32. The third kappa shape index (κ3) is 2.60. The standard InChI is InChI=1S/C22H23IN2O3/c1-27-19-11-16-18(12-20(19)28-10-6-2-5-9-23)24-14-22(24)13-15-7-3-4-8-17(15)25(22)21(16)26/h3-4,7-8,11-12H,2,5-6,9-10,13-14H2,1H3/t22-,24?/m0/s1. The van der Waals surface area contributed by atoms with E-state index in [9.17, 15) is 4.79 Å². The van der Waals surface area contributed by atoms with Crippen LogP contribution in [0, 0.1) is 0 Å². The first-order valence-electron chi connectivity index (χ1n) is 9.80. The Kier molecular flexibility index (Phi) is 4.41. The van der Waals surface area contributed by atoms with Gasteiger partial charge in [0.05, 0.1) is 31.5 Å². The third-order valence-electron chi connectivity index (χ3n) is 5.97. The minimum absolute atomic E-state index is 0.0561. The van der Waals surface area contributed by atoms with E-state index in [4.69, 9.17) is 9.47 Å². The maximum absolute atomic E-state index is 13.4. The number of benzene rings is 2. The zero-order chi connectivity index (χ0) is 19.3. The average molecular weight is 490 g/mol. The van der Waals surface area contributed by atoms with Crippen LogP contribution in [0.2, 0.25) is 0 Å². The van der Waals surface area contributed by atoms with Crippen molar-refractivity contribution in [3.8, 4) is 11.5 Å². The highest BCUT2D eigenvalue weighted by molar-refractivity contribution is 14.1. The minimum atomic E-state index is -0.222. The fraction of sp³-hybridized carbons (Fsp3) is 0.409. The first-order chi connectivity index (χ1) is 13.7. The molecule has 0 N–H and O–H groups in total. The number of rotatable bonds is 7. The molecule has 2 aromatic rings. The van der Waals surface area contributed by atoms with Gasteiger partial charge in [0.1, 0.15) is 5.66 Å². The number of nitrogens with zero attached hydrogens (tertiary/aromatic N) is 2. The van der Waals surface area contributed by atoms with Crippen LogP contribution in [0.4, 0.5) is 11.4 Å². The van der Waals surface area contributed by atoms with E-state index < -0.39 is 0 Å². The summed E-state index contributed by atoms with van der Waals surface area (Å²) in [6, 6.07) is 12.1. The van der Waals surface area contributed by atoms with E-state index in [2.05, 4.69) is 33.6 Å². The number of fused-ring (bicyclic) bond motifs is 4. The lowest BCUT2D eigenvalue weighted by atomic mass is 10.1. The molecule has 0 aromatic heterocycles. The minimum Gasteiger partial charge on any atom is -0.493 e. The molecule has 146 valence electrons. The zero-order valence-corrected chi connectivity index (χ0v) is 18.1. The quantitative estimate of drug-likeness (QED) is 0.250. The molecule has 3 aliphatic heterocycles. The highest BCUT2D eigenvalue weighted by atomic mass is 127. The average Bonchev–Trinajstić information content (AvgIpc) is 3.32. The number of alkyl halides is 1. The second-order valence-electron chi connectivity index (χ2n) is 7.63. The van der Waals surface area contributed by atoms with Crippen molar-refractivity contribution in [2.24, 2.45) is 0 Å². The molecule has 5 nitrogen and oxygen atoms in total. The van der Waals surface area contributed by atoms with Crippen LogP contribution in [0.15, 0.2) is 36.4 Å². The SMILES string of the molecule is COc1cc2c(cc1OCCCCCI)N1C[C@@]13Cc1ccccc1N3C2=O. The molecule has 0 bridgehead atoms. The molecule has 1 saturated heterocycles. The molecule has 0 radical (unpaired) electrons. The number of halogens is 1. The Morgan fingerprint density at radius 1 is 1.11 bits per heavy atom. The van der Waals surface area contributed by atoms with E-state index in [1.54, 1.807) is 7.11 Å². The second kappa shape index (κ2) is 6.83. The maximum Gasteiger partial charge on any atom is 0.262 e. The predicted octanol–water partition coefficient (Wildman–Crippen LogP) is 4.41. The van der Waals surface area contributed by atoms with Crippen LogP contribution in [0.5, 0.6) is 11.5 Å². The topological polar surface area (TPSA) is 41.8 Å². The van der Waals surface area contributed by atoms with Gasteiger partial charge >= 0.3 is 0 Å². The molecule has 1 fully saturated rings. The third-order valence-corrected chi connectivity index (χ3v) is 6.74. The van der Waals surface area contributed by atoms with Gasteiger partial charge in [-0.15, -0.1) is 0 Å². The van der Waals surface area contributed by atoms with E-state index >= 15 is 0 Å². The summed E-state index contributed by atoms with van der Waals surface area (Å²) in [5, 5.41) is 0. The van der Waals surface area contributed by atoms with Crippen molar-refractivity contribution in [1.29, 1.82) is 0 Å². The summed E-state index contributed by atoms with van der Waals surface area (Å²) in [4.78, 5) is 17.7. The summed E-state index contributed by atoms with van der Waals surface area (Å²) in [5.41, 5.74) is 3.72. The van der Waals surface area contributed by atoms with Gasteiger partial charge in [0, 0.05) is 18.2 Å². The van der Waals surface area contributed by atoms with Crippen LogP contribution in [-0.4, -0.2) is 36.3 Å². The molecule has 0 saturated carbocycles. The second-order valence-corrected chi connectivity index (χ2v) is 8.71. The van der Waals surface area contributed by atoms with Crippen LogP contribution in [0.1, 0.15) is 35.2 Å². The van der Waals surface area contributed by atoms with Crippen molar-refractivity contribution in [3.05, 3.63) is 47.5 Å². The Balaban J connectivity index is 1.46. The van der Waals surface area contributed by atoms with Gasteiger partial charge in [-0.25, -0.2) is 0 Å². The number of amides is 1. The molecule has 1 spiro atoms. The van der Waals surface area contributed by atoms with Crippen LogP contribution in [0.3, 0.4) is 0 Å². The Morgan fingerprint density at radius 3 is 2.79 bits per heavy atom. The first-order valence-corrected chi connectivity index (χ1v) is 11.3. The normalized spacial score (nSPS) is 21.0. The molecule has 3 heterocycles. The van der Waals surface area contributed by atoms with Gasteiger partial charge in [-0.1, -0.05) is 40.8 Å². The lowest BCUT2D eigenvalue weighted by molar-refractivity contribution is 0.0973. The summed E-state index contributed by atoms with van der Waals surface area (Å²) in [6.45, 7) is 1.53. The highest BCUT2D eigenvalue weighted by Crippen LogP contribution is 2.57. The summed E-state index contributed by atoms with van der Waals surface area (Å²) >= 11 is 2.40. The maximum atomic E-state index is 13.4. The van der Waals surface area contributed by atoms with Crippen molar-refractivity contribution in [1.82, 2.24) is 0 Å². The fourth-order valence-corrected chi connectivity index (χ4v) is 5.09. The summed E-state index contributed by atoms with van der Waals surface area (Å²) in [5.74, 6) is 1.41. The molecule has 6 heteroatoms. The Morgan fingerprint density at radius 2 is 1.96 bits per heavy atom. The number of unbranched alkanes of at least 4 members (excludes halogenated alkanes) is 2. The van der Waals surface area contributed by atoms with E-state index in [0.717, 1.165) is 42.9 Å². The van der Waals surface area contributed by atoms with Crippen LogP contribution < -0.4 is 19.3 Å². The molecule has 28 heavy (non-hydrogen) atoms. The number of para-hydroxylation sites is 1. The van der Waals surface area contributed by atoms with Crippen molar-refractivity contribution in [2.45, 2.75) is 31.3 Å². The van der Waals surface area contributed by atoms with Gasteiger partial charge in [-0.3, -0.25) is 9.69 Å². The van der Waals surface area contributed by atoms with Crippen LogP contribution >= 0.6 is 22.6 Å². The summed E-state index contributed by atoms with van der Waals surface area (Å²) in [6.07, 6.45) is 4.29. The van der Waals surface area contributed by atoms with E-state index in [1.165, 1.54) is 16.4 Å². The van der Waals surface area contributed by atoms with Gasteiger partial charge in [0.15, 0.2) is 11.5 Å². The molecular weight excluding hydrogens is 467 g/mol. The van der Waals surface area contributed by atoms with Crippen molar-refractivity contribution in [2.75, 3.05) is 34.5 Å². The van der Waals surface area contributed by atoms with E-state index in [1.807, 2.05) is 35.2 Å². The van der Waals surface area contributed by atoms with Crippen molar-refractivity contribution < 1.29 is 14.3 Å². The Labute approximate surface area is 178 Å². The molecule has 0 aliphatic carbocycles. The van der Waals surface area contributed by atoms with Gasteiger partial charge in [-0.05, 0) is 41.4 Å². The largest absolute Gasteiger partial charge is 0.493 e. The molecule has 5 rings (SSSR count). The molecule has 0 unspecified atom stereocenters. The number of hydrogen-bond donors (Lipinski definition) is 0. The number of ether oxygens (including phenoxy) is 2. The smallest absolute Gasteiger partial charge is 0.262 e. The monoisotopic (exact) mass is 490 g/mol. The molecule has 3 aliphatic rings. The van der Waals surface area contributed by atoms with E-state index in [-0.39, 0.29) is 11.6 Å². The molecule has 1 amide bonds. The highest BCUT2D eigenvalue weighted by Gasteiger charge is 2.65. The van der Waals surface area contributed by atoms with Gasteiger partial charge in [-0.2, -0.15) is 0 Å². The van der Waals surface area contributed by atoms with Crippen LogP contribution in [-0.2, 0) is 6.42 Å². The van der Waals surface area contributed by atoms with Crippen molar-refractivity contribution in [3.63, 3.8) is 0 Å². The molecule has 2 aromatic carbocycles. The first kappa shape index (κ1) is 18.1. The number of hydrogen-bond acceptors (Lipinski definition) is 4. The van der Waals surface area contributed by atoms with Gasteiger partial charge < -0.3 is 14.4 Å². The Bertz CT molecular complexity index is 947. The molecular formula is C22H23IN2O3.